The third-order valence-electron chi connectivity index (χ3n) is 12.1. The predicted molar refractivity (Wildman–Crippen MR) is 239 cm³/mol. The zero-order chi connectivity index (χ0) is 46.1. The maximum Gasteiger partial charge on any atom is 0.264 e. The second-order valence-electron chi connectivity index (χ2n) is 16.1. The summed E-state index contributed by atoms with van der Waals surface area (Å²) < 4.78 is 20.2. The number of imide groups is 2. The van der Waals surface area contributed by atoms with Gasteiger partial charge in [0.2, 0.25) is 17.7 Å². The van der Waals surface area contributed by atoms with Crippen molar-refractivity contribution < 1.29 is 47.8 Å². The minimum absolute atomic E-state index is 0.0274. The van der Waals surface area contributed by atoms with Crippen molar-refractivity contribution in [3.8, 4) is 16.9 Å². The lowest BCUT2D eigenvalue weighted by Crippen LogP contribution is -2.54. The molecule has 5 heterocycles. The molecule has 0 spiro atoms. The molecule has 2 fully saturated rings. The minimum Gasteiger partial charge on any atom is -0.508 e. The predicted octanol–water partition coefficient (Wildman–Crippen LogP) is 4.56. The first-order chi connectivity index (χ1) is 31.9. The quantitative estimate of drug-likeness (QED) is 0.0893. The van der Waals surface area contributed by atoms with Gasteiger partial charge in [-0.1, -0.05) is 30.3 Å². The minimum atomic E-state index is -1.33. The van der Waals surface area contributed by atoms with Gasteiger partial charge in [-0.2, -0.15) is 0 Å². The Morgan fingerprint density at radius 3 is 2.44 bits per heavy atom. The SMILES string of the molecule is O=C1CCC(N2C(=O)c3cccc(NCCOCCC(=O)N4CCN(c5ccc(-c6ccc7c(c6)C(=O)N(C(C(=O)Nc6nccs6)c6cc(F)ccc6O)C7)cc5)CC4)c3C2=O)C(=O)N1. The number of thiazole rings is 1. The molecule has 17 nitrogen and oxygen atoms in total. The van der Waals surface area contributed by atoms with Crippen LogP contribution < -0.4 is 20.9 Å². The number of nitrogens with zero attached hydrogens (tertiary/aromatic N) is 5. The number of piperazine rings is 1. The van der Waals surface area contributed by atoms with Crippen molar-refractivity contribution in [3.63, 3.8) is 0 Å². The summed E-state index contributed by atoms with van der Waals surface area (Å²) in [6.45, 7) is 3.11. The Morgan fingerprint density at radius 1 is 0.894 bits per heavy atom. The van der Waals surface area contributed by atoms with E-state index in [1.54, 1.807) is 23.6 Å². The van der Waals surface area contributed by atoms with Crippen LogP contribution in [0.2, 0.25) is 0 Å². The summed E-state index contributed by atoms with van der Waals surface area (Å²) in [6, 6.07) is 19.2. The standard InChI is InChI=1S/C47H43FN8O9S/c48-30-8-12-37(57)34(25-30)41(43(61)52-47-50-16-23-66-47)55-26-29-5-4-28(24-33(29)44(55)62)27-6-9-31(10-7-27)53-17-19-54(20-18-53)39(59)14-21-65-22-15-49-35-3-1-2-32-40(35)46(64)56(45(32)63)36-11-13-38(58)51-42(36)60/h1-10,12,16,23-25,36,41,49,57H,11,13-15,17-22,26H2,(H,50,52,61)(H,51,58,60). The summed E-state index contributed by atoms with van der Waals surface area (Å²) in [5.74, 6) is -4.38. The monoisotopic (exact) mass is 914 g/mol. The number of hydrogen-bond donors (Lipinski definition) is 4. The first kappa shape index (κ1) is 43.7. The van der Waals surface area contributed by atoms with Gasteiger partial charge >= 0.3 is 0 Å². The van der Waals surface area contributed by atoms with Gasteiger partial charge in [0, 0.05) is 79.8 Å². The molecule has 7 amide bonds. The molecule has 9 rings (SSSR count). The Balaban J connectivity index is 0.742. The van der Waals surface area contributed by atoms with Crippen molar-refractivity contribution in [1.29, 1.82) is 0 Å². The van der Waals surface area contributed by atoms with Gasteiger partial charge in [0.05, 0.1) is 30.8 Å². The van der Waals surface area contributed by atoms with Gasteiger partial charge in [-0.25, -0.2) is 9.37 Å². The number of carbonyl (C=O) groups is 7. The smallest absolute Gasteiger partial charge is 0.264 e. The molecule has 1 aromatic heterocycles. The molecule has 0 bridgehead atoms. The van der Waals surface area contributed by atoms with Crippen molar-refractivity contribution >= 4 is 69.2 Å². The van der Waals surface area contributed by atoms with Gasteiger partial charge in [0.1, 0.15) is 23.7 Å². The summed E-state index contributed by atoms with van der Waals surface area (Å²) in [6.07, 6.45) is 1.82. The lowest BCUT2D eigenvalue weighted by atomic mass is 10.00. The maximum atomic E-state index is 14.4. The number of anilines is 3. The van der Waals surface area contributed by atoms with Crippen LogP contribution >= 0.6 is 11.3 Å². The fourth-order valence-corrected chi connectivity index (χ4v) is 9.32. The van der Waals surface area contributed by atoms with E-state index in [1.807, 2.05) is 41.3 Å². The largest absolute Gasteiger partial charge is 0.508 e. The Kier molecular flexibility index (Phi) is 12.3. The van der Waals surface area contributed by atoms with E-state index in [4.69, 9.17) is 4.74 Å². The van der Waals surface area contributed by atoms with E-state index in [2.05, 4.69) is 25.8 Å². The van der Waals surface area contributed by atoms with E-state index in [0.717, 1.165) is 39.9 Å². The van der Waals surface area contributed by atoms with E-state index >= 15 is 0 Å². The molecule has 0 aliphatic carbocycles. The van der Waals surface area contributed by atoms with Gasteiger partial charge in [-0.15, -0.1) is 11.3 Å². The summed E-state index contributed by atoms with van der Waals surface area (Å²) in [7, 11) is 0. The van der Waals surface area contributed by atoms with Crippen LogP contribution in [0.3, 0.4) is 0 Å². The average molecular weight is 915 g/mol. The van der Waals surface area contributed by atoms with Crippen LogP contribution in [0.25, 0.3) is 11.1 Å². The summed E-state index contributed by atoms with van der Waals surface area (Å²) in [4.78, 5) is 101. The van der Waals surface area contributed by atoms with Gasteiger partial charge in [0.15, 0.2) is 5.13 Å². The normalized spacial score (nSPS) is 17.5. The van der Waals surface area contributed by atoms with Crippen molar-refractivity contribution in [1.82, 2.24) is 25.0 Å². The number of hydrogen-bond acceptors (Lipinski definition) is 13. The molecule has 338 valence electrons. The van der Waals surface area contributed by atoms with Crippen LogP contribution in [0.15, 0.2) is 90.4 Å². The number of phenols is 1. The zero-order valence-corrected chi connectivity index (χ0v) is 36.1. The third-order valence-corrected chi connectivity index (χ3v) is 12.8. The third kappa shape index (κ3) is 8.69. The first-order valence-electron chi connectivity index (χ1n) is 21.4. The van der Waals surface area contributed by atoms with E-state index in [0.29, 0.717) is 54.7 Å². The number of halogens is 1. The summed E-state index contributed by atoms with van der Waals surface area (Å²) >= 11 is 1.19. The molecule has 5 aromatic rings. The molecular weight excluding hydrogens is 872 g/mol. The number of rotatable bonds is 14. The summed E-state index contributed by atoms with van der Waals surface area (Å²) in [5.41, 5.74) is 4.44. The Morgan fingerprint density at radius 2 is 1.68 bits per heavy atom. The van der Waals surface area contributed by atoms with E-state index < -0.39 is 53.3 Å². The number of fused-ring (bicyclic) bond motifs is 2. The van der Waals surface area contributed by atoms with Crippen LogP contribution in [0.4, 0.5) is 20.9 Å². The van der Waals surface area contributed by atoms with Crippen LogP contribution in [0.5, 0.6) is 5.75 Å². The van der Waals surface area contributed by atoms with E-state index in [1.165, 1.54) is 28.5 Å². The zero-order valence-electron chi connectivity index (χ0n) is 35.3. The number of aromatic hydroxyl groups is 1. The number of benzene rings is 4. The molecular formula is C47H43FN8O9S. The number of ether oxygens (including phenoxy) is 1. The fraction of sp³-hybridized carbons (Fsp3) is 0.277. The number of aromatic nitrogens is 1. The van der Waals surface area contributed by atoms with Gasteiger partial charge in [-0.3, -0.25) is 49.1 Å². The number of carbonyl (C=O) groups excluding carboxylic acids is 7. The van der Waals surface area contributed by atoms with Crippen LogP contribution in [-0.4, -0.2) is 118 Å². The lowest BCUT2D eigenvalue weighted by Gasteiger charge is -2.36. The first-order valence-corrected chi connectivity index (χ1v) is 22.2. The maximum absolute atomic E-state index is 14.4. The highest BCUT2D eigenvalue weighted by Crippen LogP contribution is 2.38. The summed E-state index contributed by atoms with van der Waals surface area (Å²) in [5, 5.41) is 20.7. The molecule has 2 unspecified atom stereocenters. The molecule has 19 heteroatoms. The van der Waals surface area contributed by atoms with E-state index in [-0.39, 0.29) is 67.4 Å². The van der Waals surface area contributed by atoms with Gasteiger partial charge in [-0.05, 0) is 71.6 Å². The molecule has 4 aliphatic heterocycles. The molecule has 0 saturated carbocycles. The Hall–Kier alpha value is -7.51. The van der Waals surface area contributed by atoms with Crippen LogP contribution in [-0.2, 0) is 30.5 Å². The Bertz CT molecular complexity index is 2760. The number of amides is 7. The number of nitrogens with one attached hydrogen (secondary N) is 3. The Labute approximate surface area is 381 Å². The van der Waals surface area contributed by atoms with Gasteiger partial charge in [0.25, 0.3) is 23.6 Å². The second kappa shape index (κ2) is 18.5. The molecule has 4 aromatic carbocycles. The van der Waals surface area contributed by atoms with Crippen molar-refractivity contribution in [2.45, 2.75) is 37.9 Å². The van der Waals surface area contributed by atoms with Crippen LogP contribution in [0.1, 0.15) is 67.5 Å². The highest BCUT2D eigenvalue weighted by atomic mass is 32.1. The van der Waals surface area contributed by atoms with Gasteiger partial charge < -0.3 is 29.9 Å². The van der Waals surface area contributed by atoms with Crippen molar-refractivity contribution in [3.05, 3.63) is 124 Å². The molecule has 0 radical (unpaired) electrons. The highest BCUT2D eigenvalue weighted by Gasteiger charge is 2.46. The lowest BCUT2D eigenvalue weighted by molar-refractivity contribution is -0.136. The number of phenolic OH excluding ortho intramolecular Hbond substituents is 1. The fourth-order valence-electron chi connectivity index (χ4n) is 8.78. The second-order valence-corrected chi connectivity index (χ2v) is 17.0. The molecule has 4 N–H and O–H groups in total. The van der Waals surface area contributed by atoms with Crippen LogP contribution in [0, 0.1) is 5.82 Å². The molecule has 66 heavy (non-hydrogen) atoms. The van der Waals surface area contributed by atoms with Crippen molar-refractivity contribution in [2.75, 3.05) is 61.5 Å². The number of piperidine rings is 1. The molecule has 4 aliphatic rings. The van der Waals surface area contributed by atoms with E-state index in [9.17, 15) is 43.1 Å². The molecule has 2 atom stereocenters. The van der Waals surface area contributed by atoms with Crippen molar-refractivity contribution in [2.24, 2.45) is 0 Å². The highest BCUT2D eigenvalue weighted by molar-refractivity contribution is 7.13. The average Bonchev–Trinajstić information content (AvgIpc) is 4.02. The molecule has 2 saturated heterocycles. The topological polar surface area (TPSA) is 211 Å².